The average molecular weight is 427 g/mol. The van der Waals surface area contributed by atoms with E-state index in [2.05, 4.69) is 9.98 Å². The molecule has 1 unspecified atom stereocenters. The van der Waals surface area contributed by atoms with E-state index in [4.69, 9.17) is 5.10 Å². The van der Waals surface area contributed by atoms with Crippen molar-refractivity contribution >= 4 is 34.6 Å². The lowest BCUT2D eigenvalue weighted by Crippen LogP contribution is -2.26. The normalized spacial score (nSPS) is 19.6. The van der Waals surface area contributed by atoms with Crippen molar-refractivity contribution in [2.75, 3.05) is 0 Å². The number of aromatic nitrogens is 1. The maximum absolute atomic E-state index is 12.3. The van der Waals surface area contributed by atoms with Gasteiger partial charge in [-0.1, -0.05) is 54.6 Å². The fraction of sp³-hybridized carbons (Fsp3) is 0.0833. The molecule has 2 aromatic carbocycles. The van der Waals surface area contributed by atoms with Crippen LogP contribution in [0.5, 0.6) is 5.75 Å². The van der Waals surface area contributed by atoms with Gasteiger partial charge < -0.3 is 5.11 Å². The number of carbonyl (C=O) groups excluding carboxylic acids is 1. The number of nitrogens with zero attached hydrogens (tertiary/aromatic N) is 4. The van der Waals surface area contributed by atoms with E-state index in [0.717, 1.165) is 34.2 Å². The van der Waals surface area contributed by atoms with Crippen LogP contribution in [0.2, 0.25) is 0 Å². The number of amides is 1. The number of benzene rings is 2. The van der Waals surface area contributed by atoms with E-state index in [-0.39, 0.29) is 17.0 Å². The van der Waals surface area contributed by atoms with Crippen LogP contribution in [0.3, 0.4) is 0 Å². The van der Waals surface area contributed by atoms with Crippen LogP contribution < -0.4 is 0 Å². The van der Waals surface area contributed by atoms with Crippen LogP contribution in [0.15, 0.2) is 94.1 Å². The molecular weight excluding hydrogens is 408 g/mol. The topological polar surface area (TPSA) is 78.2 Å². The number of phenolic OH excluding ortho intramolecular Hbond substituents is 1. The smallest absolute Gasteiger partial charge is 0.311 e. The molecule has 2 aliphatic rings. The van der Waals surface area contributed by atoms with Crippen molar-refractivity contribution in [2.45, 2.75) is 12.5 Å². The Morgan fingerprint density at radius 3 is 2.61 bits per heavy atom. The molecule has 1 amide bonds. The molecule has 6 nitrogen and oxygen atoms in total. The molecule has 2 aliphatic heterocycles. The number of thioether (sulfide) groups is 1. The molecule has 0 bridgehead atoms. The van der Waals surface area contributed by atoms with Crippen molar-refractivity contribution in [1.29, 1.82) is 0 Å². The summed E-state index contributed by atoms with van der Waals surface area (Å²) >= 11 is 1.07. The van der Waals surface area contributed by atoms with Crippen LogP contribution in [-0.4, -0.2) is 31.9 Å². The van der Waals surface area contributed by atoms with Crippen LogP contribution in [0.1, 0.15) is 29.2 Å². The van der Waals surface area contributed by atoms with Crippen molar-refractivity contribution < 1.29 is 9.90 Å². The van der Waals surface area contributed by atoms with Gasteiger partial charge in [0.1, 0.15) is 5.75 Å². The highest BCUT2D eigenvalue weighted by molar-refractivity contribution is 8.18. The number of carbonyl (C=O) groups is 1. The van der Waals surface area contributed by atoms with Crippen molar-refractivity contribution in [2.24, 2.45) is 10.1 Å². The zero-order valence-corrected chi connectivity index (χ0v) is 17.2. The van der Waals surface area contributed by atoms with Crippen LogP contribution in [0, 0.1) is 0 Å². The van der Waals surface area contributed by atoms with Crippen LogP contribution >= 0.6 is 11.8 Å². The fourth-order valence-electron chi connectivity index (χ4n) is 3.70. The summed E-state index contributed by atoms with van der Waals surface area (Å²) in [6, 6.07) is 20.6. The van der Waals surface area contributed by atoms with Gasteiger partial charge in [0.15, 0.2) is 5.84 Å². The molecule has 152 valence electrons. The number of pyridine rings is 1. The number of rotatable bonds is 3. The highest BCUT2D eigenvalue weighted by Crippen LogP contribution is 2.41. The van der Waals surface area contributed by atoms with Gasteiger partial charge in [0.25, 0.3) is 0 Å². The van der Waals surface area contributed by atoms with Gasteiger partial charge in [0.2, 0.25) is 0 Å². The minimum absolute atomic E-state index is 0.192. The third-order valence-corrected chi connectivity index (χ3v) is 5.91. The first-order chi connectivity index (χ1) is 15.2. The number of aromatic hydroxyl groups is 1. The van der Waals surface area contributed by atoms with Crippen molar-refractivity contribution in [3.63, 3.8) is 0 Å². The molecule has 7 heteroatoms. The van der Waals surface area contributed by atoms with Gasteiger partial charge >= 0.3 is 5.24 Å². The third kappa shape index (κ3) is 3.87. The number of aliphatic imine (C=N–C) groups is 1. The largest absolute Gasteiger partial charge is 0.508 e. The molecule has 5 rings (SSSR count). The maximum Gasteiger partial charge on any atom is 0.311 e. The summed E-state index contributed by atoms with van der Waals surface area (Å²) in [7, 11) is 0. The standard InChI is InChI=1S/C24H18N4O2S/c29-21-11-5-4-10-18(21)20-14-19(17-8-2-1-3-9-17)27-28(20)23-22(31-24(30)26-23)13-16-7-6-12-25-15-16/h1-13,15,20,29H,14H2/b22-13-. The molecule has 1 atom stereocenters. The fourth-order valence-corrected chi connectivity index (χ4v) is 4.44. The predicted octanol–water partition coefficient (Wildman–Crippen LogP) is 5.24. The summed E-state index contributed by atoms with van der Waals surface area (Å²) in [6.07, 6.45) is 5.91. The van der Waals surface area contributed by atoms with Crippen LogP contribution in [0.4, 0.5) is 4.79 Å². The minimum Gasteiger partial charge on any atom is -0.508 e. The Labute approximate surface area is 183 Å². The van der Waals surface area contributed by atoms with Crippen LogP contribution in [-0.2, 0) is 0 Å². The van der Waals surface area contributed by atoms with E-state index in [1.165, 1.54) is 0 Å². The molecule has 0 radical (unpaired) electrons. The Balaban J connectivity index is 1.59. The SMILES string of the molecule is O=C1N=C(N2N=C(c3ccccc3)CC2c2ccccc2O)/C(=C/c2cccnc2)S1. The second-order valence-electron chi connectivity index (χ2n) is 7.13. The van der Waals surface area contributed by atoms with Crippen LogP contribution in [0.25, 0.3) is 6.08 Å². The van der Waals surface area contributed by atoms with Gasteiger partial charge in [-0.15, -0.1) is 0 Å². The lowest BCUT2D eigenvalue weighted by Gasteiger charge is -2.24. The first kappa shape index (κ1) is 19.3. The monoisotopic (exact) mass is 426 g/mol. The molecule has 3 heterocycles. The Morgan fingerprint density at radius 1 is 1.03 bits per heavy atom. The molecule has 31 heavy (non-hydrogen) atoms. The Morgan fingerprint density at radius 2 is 1.84 bits per heavy atom. The summed E-state index contributed by atoms with van der Waals surface area (Å²) in [4.78, 5) is 21.4. The van der Waals surface area contributed by atoms with E-state index >= 15 is 0 Å². The number of hydrogen-bond donors (Lipinski definition) is 1. The molecule has 0 saturated heterocycles. The van der Waals surface area contributed by atoms with Gasteiger partial charge in [-0.2, -0.15) is 10.1 Å². The quantitative estimate of drug-likeness (QED) is 0.619. The van der Waals surface area contributed by atoms with E-state index in [0.29, 0.717) is 17.2 Å². The van der Waals surface area contributed by atoms with Gasteiger partial charge in [-0.3, -0.25) is 9.78 Å². The lowest BCUT2D eigenvalue weighted by molar-refractivity contribution is 0.267. The Kier molecular flexibility index (Phi) is 5.09. The molecule has 0 spiro atoms. The third-order valence-electron chi connectivity index (χ3n) is 5.13. The number of hydrogen-bond acceptors (Lipinski definition) is 6. The summed E-state index contributed by atoms with van der Waals surface area (Å²) in [5.41, 5.74) is 3.49. The average Bonchev–Trinajstić information content (AvgIpc) is 3.39. The molecular formula is C24H18N4O2S. The highest BCUT2D eigenvalue weighted by Gasteiger charge is 2.37. The first-order valence-electron chi connectivity index (χ1n) is 9.81. The zero-order valence-electron chi connectivity index (χ0n) is 16.4. The number of amidine groups is 1. The summed E-state index contributed by atoms with van der Waals surface area (Å²) in [5, 5.41) is 16.9. The van der Waals surface area contributed by atoms with Gasteiger partial charge in [0, 0.05) is 24.4 Å². The molecule has 3 aromatic rings. The van der Waals surface area contributed by atoms with E-state index in [9.17, 15) is 9.90 Å². The Hall–Kier alpha value is -3.71. The van der Waals surface area contributed by atoms with Crippen molar-refractivity contribution in [3.05, 3.63) is 101 Å². The second kappa shape index (κ2) is 8.20. The molecule has 0 aliphatic carbocycles. The van der Waals surface area contributed by atoms with Crippen molar-refractivity contribution in [3.8, 4) is 5.75 Å². The number of phenols is 1. The Bertz CT molecular complexity index is 1220. The van der Waals surface area contributed by atoms with Crippen molar-refractivity contribution in [1.82, 2.24) is 9.99 Å². The summed E-state index contributed by atoms with van der Waals surface area (Å²) in [6.45, 7) is 0. The number of para-hydroxylation sites is 1. The number of hydrazone groups is 1. The zero-order chi connectivity index (χ0) is 21.2. The minimum atomic E-state index is -0.287. The lowest BCUT2D eigenvalue weighted by atomic mass is 9.97. The van der Waals surface area contributed by atoms with E-state index < -0.39 is 0 Å². The summed E-state index contributed by atoms with van der Waals surface area (Å²) in [5.74, 6) is 0.676. The van der Waals surface area contributed by atoms with Gasteiger partial charge in [-0.05, 0) is 41.1 Å². The first-order valence-corrected chi connectivity index (χ1v) is 10.6. The van der Waals surface area contributed by atoms with Gasteiger partial charge in [-0.25, -0.2) is 5.01 Å². The second-order valence-corrected chi connectivity index (χ2v) is 8.13. The summed E-state index contributed by atoms with van der Waals surface area (Å²) < 4.78 is 0. The van der Waals surface area contributed by atoms with Gasteiger partial charge in [0.05, 0.1) is 16.7 Å². The molecule has 1 aromatic heterocycles. The maximum atomic E-state index is 12.3. The molecule has 0 saturated carbocycles. The van der Waals surface area contributed by atoms with E-state index in [1.54, 1.807) is 29.5 Å². The van der Waals surface area contributed by atoms with E-state index in [1.807, 2.05) is 60.7 Å². The molecule has 0 fully saturated rings. The predicted molar refractivity (Wildman–Crippen MR) is 123 cm³/mol. The highest BCUT2D eigenvalue weighted by atomic mass is 32.2. The molecule has 1 N–H and O–H groups in total.